The quantitative estimate of drug-likeness (QED) is 0.709. The van der Waals surface area contributed by atoms with Crippen LogP contribution in [0.2, 0.25) is 5.02 Å². The number of carbonyl (C=O) groups is 3. The molecule has 1 unspecified atom stereocenters. The van der Waals surface area contributed by atoms with Gasteiger partial charge in [-0.1, -0.05) is 37.6 Å². The van der Waals surface area contributed by atoms with Crippen molar-refractivity contribution in [3.05, 3.63) is 34.9 Å². The third kappa shape index (κ3) is 4.75. The lowest BCUT2D eigenvalue weighted by Gasteiger charge is -2.33. The molecule has 1 saturated heterocycles. The molecule has 2 aliphatic rings. The standard InChI is InChI=1S/C22H29ClN2O3/c1-15(2)12-19(26)20(27)25-11-3-4-16(14-25)13-24-21(28)22(9-10-22)17-5-7-18(23)8-6-17/h5-8,15-16H,3-4,9-14H2,1-2H3,(H,24,28). The number of likely N-dealkylation sites (tertiary alicyclic amines) is 1. The predicted molar refractivity (Wildman–Crippen MR) is 109 cm³/mol. The molecule has 1 aromatic carbocycles. The fourth-order valence-corrected chi connectivity index (χ4v) is 4.12. The van der Waals surface area contributed by atoms with Crippen LogP contribution in [0.15, 0.2) is 24.3 Å². The molecule has 1 aliphatic heterocycles. The van der Waals surface area contributed by atoms with E-state index in [9.17, 15) is 14.4 Å². The second kappa shape index (κ2) is 8.64. The van der Waals surface area contributed by atoms with Crippen LogP contribution in [-0.4, -0.2) is 42.1 Å². The predicted octanol–water partition coefficient (Wildman–Crippen LogP) is 3.34. The van der Waals surface area contributed by atoms with Crippen molar-refractivity contribution in [2.45, 2.75) is 51.4 Å². The molecule has 1 N–H and O–H groups in total. The van der Waals surface area contributed by atoms with Crippen LogP contribution in [0, 0.1) is 11.8 Å². The van der Waals surface area contributed by atoms with E-state index < -0.39 is 5.41 Å². The Balaban J connectivity index is 1.53. The van der Waals surface area contributed by atoms with Crippen LogP contribution in [0.3, 0.4) is 0 Å². The molecule has 1 heterocycles. The summed E-state index contributed by atoms with van der Waals surface area (Å²) in [7, 11) is 0. The van der Waals surface area contributed by atoms with Gasteiger partial charge >= 0.3 is 0 Å². The van der Waals surface area contributed by atoms with Gasteiger partial charge in [0.25, 0.3) is 5.91 Å². The van der Waals surface area contributed by atoms with Gasteiger partial charge in [-0.25, -0.2) is 0 Å². The highest BCUT2D eigenvalue weighted by atomic mass is 35.5. The fourth-order valence-electron chi connectivity index (χ4n) is 4.00. The SMILES string of the molecule is CC(C)CC(=O)C(=O)N1CCCC(CNC(=O)C2(c3ccc(Cl)cc3)CC2)C1. The molecule has 0 bridgehead atoms. The molecule has 0 aromatic heterocycles. The van der Waals surface area contributed by atoms with Crippen LogP contribution in [0.5, 0.6) is 0 Å². The van der Waals surface area contributed by atoms with Crippen LogP contribution in [0.4, 0.5) is 0 Å². The van der Waals surface area contributed by atoms with Crippen molar-refractivity contribution in [2.75, 3.05) is 19.6 Å². The summed E-state index contributed by atoms with van der Waals surface area (Å²) in [6.07, 6.45) is 3.80. The van der Waals surface area contributed by atoms with Gasteiger partial charge in [0, 0.05) is 31.1 Å². The first-order valence-corrected chi connectivity index (χ1v) is 10.6. The van der Waals surface area contributed by atoms with Gasteiger partial charge in [-0.05, 0) is 55.2 Å². The van der Waals surface area contributed by atoms with Crippen LogP contribution in [0.1, 0.15) is 51.5 Å². The largest absolute Gasteiger partial charge is 0.355 e. The number of halogens is 1. The lowest BCUT2D eigenvalue weighted by atomic mass is 9.93. The molecule has 0 radical (unpaired) electrons. The smallest absolute Gasteiger partial charge is 0.289 e. The molecule has 28 heavy (non-hydrogen) atoms. The molecule has 3 rings (SSSR count). The third-order valence-corrected chi connectivity index (χ3v) is 6.02. The van der Waals surface area contributed by atoms with E-state index in [2.05, 4.69) is 5.32 Å². The van der Waals surface area contributed by atoms with Gasteiger partial charge in [-0.2, -0.15) is 0 Å². The van der Waals surface area contributed by atoms with Crippen molar-refractivity contribution in [1.82, 2.24) is 10.2 Å². The summed E-state index contributed by atoms with van der Waals surface area (Å²) >= 11 is 5.96. The summed E-state index contributed by atoms with van der Waals surface area (Å²) in [6.45, 7) is 5.58. The van der Waals surface area contributed by atoms with Crippen molar-refractivity contribution in [2.24, 2.45) is 11.8 Å². The van der Waals surface area contributed by atoms with Crippen molar-refractivity contribution in [3.63, 3.8) is 0 Å². The molecule has 2 fully saturated rings. The summed E-state index contributed by atoms with van der Waals surface area (Å²) < 4.78 is 0. The van der Waals surface area contributed by atoms with Gasteiger partial charge in [-0.3, -0.25) is 14.4 Å². The van der Waals surface area contributed by atoms with Crippen molar-refractivity contribution >= 4 is 29.2 Å². The van der Waals surface area contributed by atoms with E-state index in [0.717, 1.165) is 31.2 Å². The van der Waals surface area contributed by atoms with E-state index in [4.69, 9.17) is 11.6 Å². The highest BCUT2D eigenvalue weighted by Gasteiger charge is 2.51. The summed E-state index contributed by atoms with van der Waals surface area (Å²) in [6, 6.07) is 7.50. The Labute approximate surface area is 171 Å². The normalized spacial score (nSPS) is 20.7. The number of nitrogens with zero attached hydrogens (tertiary/aromatic N) is 1. The van der Waals surface area contributed by atoms with E-state index in [-0.39, 0.29) is 29.4 Å². The van der Waals surface area contributed by atoms with Gasteiger partial charge in [-0.15, -0.1) is 0 Å². The Morgan fingerprint density at radius 3 is 2.50 bits per heavy atom. The maximum atomic E-state index is 12.8. The molecule has 1 atom stereocenters. The maximum Gasteiger partial charge on any atom is 0.289 e. The number of carbonyl (C=O) groups excluding carboxylic acids is 3. The zero-order valence-electron chi connectivity index (χ0n) is 16.7. The number of hydrogen-bond donors (Lipinski definition) is 1. The lowest BCUT2D eigenvalue weighted by Crippen LogP contribution is -2.47. The van der Waals surface area contributed by atoms with Crippen LogP contribution >= 0.6 is 11.6 Å². The van der Waals surface area contributed by atoms with Gasteiger partial charge in [0.2, 0.25) is 11.7 Å². The first-order valence-electron chi connectivity index (χ1n) is 10.2. The Kier molecular flexibility index (Phi) is 6.43. The zero-order valence-corrected chi connectivity index (χ0v) is 17.4. The lowest BCUT2D eigenvalue weighted by molar-refractivity contribution is -0.146. The molecule has 152 valence electrons. The van der Waals surface area contributed by atoms with Crippen LogP contribution < -0.4 is 5.32 Å². The van der Waals surface area contributed by atoms with Crippen molar-refractivity contribution in [3.8, 4) is 0 Å². The molecule has 1 aromatic rings. The van der Waals surface area contributed by atoms with Gasteiger partial charge in [0.15, 0.2) is 0 Å². The van der Waals surface area contributed by atoms with Gasteiger partial charge < -0.3 is 10.2 Å². The fraction of sp³-hybridized carbons (Fsp3) is 0.591. The van der Waals surface area contributed by atoms with E-state index >= 15 is 0 Å². The van der Waals surface area contributed by atoms with Crippen molar-refractivity contribution in [1.29, 1.82) is 0 Å². The zero-order chi connectivity index (χ0) is 20.3. The molecular weight excluding hydrogens is 376 g/mol. The Morgan fingerprint density at radius 2 is 1.89 bits per heavy atom. The second-order valence-corrected chi connectivity index (χ2v) is 9.02. The summed E-state index contributed by atoms with van der Waals surface area (Å²) in [5.74, 6) is -0.258. The van der Waals surface area contributed by atoms with E-state index in [1.165, 1.54) is 0 Å². The van der Waals surface area contributed by atoms with Gasteiger partial charge in [0.1, 0.15) is 0 Å². The maximum absolute atomic E-state index is 12.8. The molecule has 1 saturated carbocycles. The van der Waals surface area contributed by atoms with E-state index in [0.29, 0.717) is 31.1 Å². The number of ketones is 1. The molecule has 6 heteroatoms. The monoisotopic (exact) mass is 404 g/mol. The van der Waals surface area contributed by atoms with E-state index in [1.54, 1.807) is 4.90 Å². The first kappa shape index (κ1) is 20.8. The minimum Gasteiger partial charge on any atom is -0.355 e. The average molecular weight is 405 g/mol. The minimum atomic E-state index is -0.429. The first-order chi connectivity index (χ1) is 13.3. The molecular formula is C22H29ClN2O3. The number of hydrogen-bond acceptors (Lipinski definition) is 3. The molecule has 0 spiro atoms. The molecule has 1 aliphatic carbocycles. The Morgan fingerprint density at radius 1 is 1.21 bits per heavy atom. The van der Waals surface area contributed by atoms with E-state index in [1.807, 2.05) is 38.1 Å². The van der Waals surface area contributed by atoms with Crippen LogP contribution in [-0.2, 0) is 19.8 Å². The Hall–Kier alpha value is -1.88. The second-order valence-electron chi connectivity index (χ2n) is 8.58. The number of rotatable bonds is 7. The number of benzene rings is 1. The highest BCUT2D eigenvalue weighted by Crippen LogP contribution is 2.48. The number of amides is 2. The summed E-state index contributed by atoms with van der Waals surface area (Å²) in [5, 5.41) is 3.76. The number of piperidine rings is 1. The van der Waals surface area contributed by atoms with Gasteiger partial charge in [0.05, 0.1) is 5.41 Å². The summed E-state index contributed by atoms with van der Waals surface area (Å²) in [4.78, 5) is 38.9. The molecule has 2 amide bonds. The third-order valence-electron chi connectivity index (χ3n) is 5.77. The minimum absolute atomic E-state index is 0.0501. The Bertz CT molecular complexity index is 741. The van der Waals surface area contributed by atoms with Crippen molar-refractivity contribution < 1.29 is 14.4 Å². The van der Waals surface area contributed by atoms with Crippen LogP contribution in [0.25, 0.3) is 0 Å². The molecule has 5 nitrogen and oxygen atoms in total. The number of Topliss-reactive ketones (excluding diaryl/α,β-unsaturated/α-hetero) is 1. The highest BCUT2D eigenvalue weighted by molar-refractivity contribution is 6.36. The average Bonchev–Trinajstić information content (AvgIpc) is 3.47. The summed E-state index contributed by atoms with van der Waals surface area (Å²) in [5.41, 5.74) is 0.580. The number of nitrogens with one attached hydrogen (secondary N) is 1. The topological polar surface area (TPSA) is 66.5 Å².